The van der Waals surface area contributed by atoms with Crippen molar-refractivity contribution in [2.24, 2.45) is 5.92 Å². The van der Waals surface area contributed by atoms with Gasteiger partial charge in [-0.1, -0.05) is 6.42 Å². The van der Waals surface area contributed by atoms with E-state index < -0.39 is 10.2 Å². The average Bonchev–Trinajstić information content (AvgIpc) is 3.22. The fourth-order valence-electron chi connectivity index (χ4n) is 6.11. The number of fused-ring (bicyclic) bond motifs is 3. The number of hydrogen-bond acceptors (Lipinski definition) is 9. The third-order valence-electron chi connectivity index (χ3n) is 7.89. The van der Waals surface area contributed by atoms with E-state index >= 15 is 0 Å². The smallest absolute Gasteiger partial charge is 0.282 e. The van der Waals surface area contributed by atoms with Crippen LogP contribution in [0.3, 0.4) is 0 Å². The van der Waals surface area contributed by atoms with Gasteiger partial charge in [0.25, 0.3) is 10.2 Å². The number of pyridine rings is 2. The Morgan fingerprint density at radius 1 is 1.14 bits per heavy atom. The van der Waals surface area contributed by atoms with Crippen LogP contribution in [0.25, 0.3) is 10.9 Å². The lowest BCUT2D eigenvalue weighted by atomic mass is 9.84. The SMILES string of the molecule is CC1CC(Nc2cc3ncccc3c(NC3C[C@H]4CCC[C@@H](C3)N4S(=O)(=O)N3CC(C#N)C3)n2)NN1. The highest BCUT2D eigenvalue weighted by Crippen LogP contribution is 2.39. The molecule has 4 fully saturated rings. The van der Waals surface area contributed by atoms with E-state index in [4.69, 9.17) is 10.2 Å². The Hall–Kier alpha value is -2.56. The Morgan fingerprint density at radius 2 is 1.92 bits per heavy atom. The molecule has 0 aliphatic carbocycles. The molecular weight excluding hydrogens is 478 g/mol. The van der Waals surface area contributed by atoms with E-state index in [1.807, 2.05) is 18.2 Å². The van der Waals surface area contributed by atoms with Gasteiger partial charge in [-0.15, -0.1) is 0 Å². The van der Waals surface area contributed by atoms with E-state index in [0.717, 1.165) is 61.1 Å². The maximum absolute atomic E-state index is 13.4. The van der Waals surface area contributed by atoms with Gasteiger partial charge in [-0.05, 0) is 51.2 Å². The molecular formula is C24H33N9O2S. The van der Waals surface area contributed by atoms with Crippen LogP contribution in [-0.2, 0) is 10.2 Å². The van der Waals surface area contributed by atoms with Gasteiger partial charge in [-0.3, -0.25) is 10.4 Å². The van der Waals surface area contributed by atoms with E-state index in [0.29, 0.717) is 19.1 Å². The van der Waals surface area contributed by atoms with Crippen LogP contribution in [-0.4, -0.2) is 70.4 Å². The molecule has 0 aromatic carbocycles. The first-order chi connectivity index (χ1) is 17.4. The number of piperidine rings is 2. The van der Waals surface area contributed by atoms with Crippen LogP contribution in [0.2, 0.25) is 0 Å². The molecule has 2 aromatic heterocycles. The Morgan fingerprint density at radius 3 is 2.61 bits per heavy atom. The summed E-state index contributed by atoms with van der Waals surface area (Å²) in [5.74, 6) is 1.34. The molecule has 192 valence electrons. The van der Waals surface area contributed by atoms with Gasteiger partial charge >= 0.3 is 0 Å². The lowest BCUT2D eigenvalue weighted by Gasteiger charge is -2.50. The molecule has 0 spiro atoms. The second-order valence-electron chi connectivity index (χ2n) is 10.6. The molecule has 0 saturated carbocycles. The molecule has 4 N–H and O–H groups in total. The highest BCUT2D eigenvalue weighted by atomic mass is 32.2. The topological polar surface area (TPSA) is 138 Å². The maximum Gasteiger partial charge on any atom is 0.282 e. The molecule has 2 aromatic rings. The minimum absolute atomic E-state index is 0.0397. The molecule has 36 heavy (non-hydrogen) atoms. The van der Waals surface area contributed by atoms with Gasteiger partial charge < -0.3 is 10.6 Å². The summed E-state index contributed by atoms with van der Waals surface area (Å²) in [6, 6.07) is 8.50. The van der Waals surface area contributed by atoms with Gasteiger partial charge in [0.1, 0.15) is 11.6 Å². The van der Waals surface area contributed by atoms with E-state index in [1.54, 1.807) is 10.5 Å². The summed E-state index contributed by atoms with van der Waals surface area (Å²) >= 11 is 0. The summed E-state index contributed by atoms with van der Waals surface area (Å²) in [7, 11) is -3.54. The van der Waals surface area contributed by atoms with Gasteiger partial charge in [0.2, 0.25) is 0 Å². The third-order valence-corrected chi connectivity index (χ3v) is 9.97. The predicted octanol–water partition coefficient (Wildman–Crippen LogP) is 1.75. The van der Waals surface area contributed by atoms with Crippen molar-refractivity contribution in [3.8, 4) is 6.07 Å². The fourth-order valence-corrected chi connectivity index (χ4v) is 8.25. The summed E-state index contributed by atoms with van der Waals surface area (Å²) in [4.78, 5) is 9.48. The summed E-state index contributed by atoms with van der Waals surface area (Å²) in [5, 5.41) is 17.2. The molecule has 12 heteroatoms. The largest absolute Gasteiger partial charge is 0.367 e. The number of aromatic nitrogens is 2. The van der Waals surface area contributed by atoms with Crippen LogP contribution < -0.4 is 21.5 Å². The number of hydrazine groups is 1. The monoisotopic (exact) mass is 511 g/mol. The normalized spacial score (nSPS) is 31.6. The van der Waals surface area contributed by atoms with Crippen LogP contribution in [0.5, 0.6) is 0 Å². The first-order valence-electron chi connectivity index (χ1n) is 12.9. The molecule has 4 aliphatic heterocycles. The Kier molecular flexibility index (Phi) is 6.21. The van der Waals surface area contributed by atoms with Gasteiger partial charge in [0, 0.05) is 54.9 Å². The van der Waals surface area contributed by atoms with Crippen molar-refractivity contribution < 1.29 is 8.42 Å². The molecule has 4 aliphatic rings. The highest BCUT2D eigenvalue weighted by molar-refractivity contribution is 7.86. The molecule has 0 amide bonds. The number of nitrogens with zero attached hydrogens (tertiary/aromatic N) is 5. The van der Waals surface area contributed by atoms with Gasteiger partial charge in [-0.2, -0.15) is 22.3 Å². The zero-order valence-electron chi connectivity index (χ0n) is 20.4. The first-order valence-corrected chi connectivity index (χ1v) is 14.3. The van der Waals surface area contributed by atoms with Crippen molar-refractivity contribution in [2.45, 2.75) is 75.8 Å². The molecule has 2 bridgehead atoms. The van der Waals surface area contributed by atoms with Crippen LogP contribution in [0.1, 0.15) is 45.4 Å². The van der Waals surface area contributed by atoms with Gasteiger partial charge in [0.15, 0.2) is 0 Å². The Balaban J connectivity index is 1.21. The third kappa shape index (κ3) is 4.39. The number of nitriles is 1. The number of hydrogen-bond donors (Lipinski definition) is 4. The summed E-state index contributed by atoms with van der Waals surface area (Å²) in [6.07, 6.45) is 7.03. The zero-order chi connectivity index (χ0) is 24.9. The minimum atomic E-state index is -3.54. The van der Waals surface area contributed by atoms with Crippen molar-refractivity contribution in [3.63, 3.8) is 0 Å². The lowest BCUT2D eigenvalue weighted by Crippen LogP contribution is -2.63. The van der Waals surface area contributed by atoms with Crippen molar-refractivity contribution in [3.05, 3.63) is 24.4 Å². The van der Waals surface area contributed by atoms with Gasteiger partial charge in [-0.25, -0.2) is 10.4 Å². The van der Waals surface area contributed by atoms with E-state index in [-0.39, 0.29) is 30.2 Å². The van der Waals surface area contributed by atoms with Crippen molar-refractivity contribution in [2.75, 3.05) is 23.7 Å². The predicted molar refractivity (Wildman–Crippen MR) is 137 cm³/mol. The molecule has 3 unspecified atom stereocenters. The molecule has 0 radical (unpaired) electrons. The molecule has 4 saturated heterocycles. The van der Waals surface area contributed by atoms with E-state index in [2.05, 4.69) is 39.5 Å². The van der Waals surface area contributed by atoms with E-state index in [9.17, 15) is 8.42 Å². The first kappa shape index (κ1) is 23.8. The van der Waals surface area contributed by atoms with Crippen LogP contribution in [0.15, 0.2) is 24.4 Å². The fraction of sp³-hybridized carbons (Fsp3) is 0.625. The number of nitrogens with one attached hydrogen (secondary N) is 4. The summed E-state index contributed by atoms with van der Waals surface area (Å²) < 4.78 is 30.0. The zero-order valence-corrected chi connectivity index (χ0v) is 21.2. The van der Waals surface area contributed by atoms with Crippen molar-refractivity contribution in [1.82, 2.24) is 29.4 Å². The summed E-state index contributed by atoms with van der Waals surface area (Å²) in [5.41, 5.74) is 7.33. The molecule has 6 rings (SSSR count). The quantitative estimate of drug-likeness (QED) is 0.457. The van der Waals surface area contributed by atoms with Crippen LogP contribution in [0, 0.1) is 17.2 Å². The van der Waals surface area contributed by atoms with E-state index in [1.165, 1.54) is 4.31 Å². The summed E-state index contributed by atoms with van der Waals surface area (Å²) in [6.45, 7) is 2.75. The second-order valence-corrected chi connectivity index (χ2v) is 12.4. The lowest BCUT2D eigenvalue weighted by molar-refractivity contribution is 0.0984. The molecule has 6 heterocycles. The average molecular weight is 512 g/mol. The highest BCUT2D eigenvalue weighted by Gasteiger charge is 2.49. The van der Waals surface area contributed by atoms with Crippen LogP contribution >= 0.6 is 0 Å². The van der Waals surface area contributed by atoms with Crippen LogP contribution in [0.4, 0.5) is 11.6 Å². The van der Waals surface area contributed by atoms with Crippen molar-refractivity contribution >= 4 is 32.7 Å². The minimum Gasteiger partial charge on any atom is -0.367 e. The number of rotatable bonds is 6. The van der Waals surface area contributed by atoms with Crippen molar-refractivity contribution in [1.29, 1.82) is 5.26 Å². The Bertz CT molecular complexity index is 1260. The maximum atomic E-state index is 13.4. The molecule has 11 nitrogen and oxygen atoms in total. The Labute approximate surface area is 211 Å². The molecule has 5 atom stereocenters. The number of anilines is 2. The second kappa shape index (κ2) is 9.39. The standard InChI is InChI=1S/C24H33N9O2S/c1-15-8-23(31-30-15)28-22-11-21-20(6-3-7-26-21)24(29-22)27-17-9-18-4-2-5-19(10-17)33(18)36(34,35)32-13-16(12-25)14-32/h3,6-7,11,15-19,23,30-31H,2,4-5,8-10,13-14H2,1H3,(H2,27,28,29)/t15?,17?,18-,19+,23?. The van der Waals surface area contributed by atoms with Gasteiger partial charge in [0.05, 0.1) is 23.7 Å².